The molecule has 1 aliphatic carbocycles. The fourth-order valence-corrected chi connectivity index (χ4v) is 9.80. The minimum Gasteiger partial charge on any atom is -0.489 e. The van der Waals surface area contributed by atoms with Gasteiger partial charge in [-0.05, 0) is 74.3 Å². The molecule has 5 aromatic rings. The van der Waals surface area contributed by atoms with E-state index in [2.05, 4.69) is 25.7 Å². The highest BCUT2D eigenvalue weighted by molar-refractivity contribution is 7.17. The van der Waals surface area contributed by atoms with Gasteiger partial charge in [0.25, 0.3) is 11.8 Å². The van der Waals surface area contributed by atoms with Gasteiger partial charge in [0, 0.05) is 70.0 Å². The number of nitrogens with zero attached hydrogens (tertiary/aromatic N) is 6. The number of piperidine rings is 1. The third-order valence-corrected chi connectivity index (χ3v) is 13.7. The number of rotatable bonds is 18. The summed E-state index contributed by atoms with van der Waals surface area (Å²) >= 11 is 1.64. The lowest BCUT2D eigenvalue weighted by Crippen LogP contribution is -2.59. The number of likely N-dealkylation sites (tertiary alicyclic amines) is 1. The summed E-state index contributed by atoms with van der Waals surface area (Å²) in [6.07, 6.45) is 8.56. The maximum atomic E-state index is 14.6. The SMILES string of the molecule is CN[C@@H](C)C(=O)NC(C(=O)N1CCN(C(=O)c2c(OCCOCCOc3cc(CN4CCC(Oc5ccnc6ccsc56)CC4)on3)c3cc(F)c(F)cc3n2C)CC1)C1CCCCC1. The van der Waals surface area contributed by atoms with Gasteiger partial charge >= 0.3 is 0 Å². The van der Waals surface area contributed by atoms with Gasteiger partial charge in [-0.2, -0.15) is 0 Å². The van der Waals surface area contributed by atoms with Gasteiger partial charge in [0.15, 0.2) is 28.8 Å². The summed E-state index contributed by atoms with van der Waals surface area (Å²) in [6, 6.07) is 6.69. The number of ether oxygens (including phenoxy) is 4. The lowest BCUT2D eigenvalue weighted by Gasteiger charge is -2.39. The Morgan fingerprint density at radius 2 is 1.63 bits per heavy atom. The molecule has 3 aliphatic rings. The summed E-state index contributed by atoms with van der Waals surface area (Å²) in [7, 11) is 3.31. The van der Waals surface area contributed by atoms with Crippen molar-refractivity contribution in [2.75, 3.05) is 72.7 Å². The average molecular weight is 921 g/mol. The molecule has 1 unspecified atom stereocenters. The van der Waals surface area contributed by atoms with Gasteiger partial charge in [0.05, 0.1) is 41.5 Å². The predicted octanol–water partition coefficient (Wildman–Crippen LogP) is 5.53. The number of thiophene rings is 1. The van der Waals surface area contributed by atoms with Crippen molar-refractivity contribution in [3.63, 3.8) is 0 Å². The summed E-state index contributed by atoms with van der Waals surface area (Å²) in [5.74, 6) is -0.794. The number of carbonyl (C=O) groups is 3. The number of likely N-dealkylation sites (N-methyl/N-ethyl adjacent to an activating group) is 1. The number of piperazine rings is 1. The van der Waals surface area contributed by atoms with E-state index < -0.39 is 29.6 Å². The first-order valence-electron chi connectivity index (χ1n) is 22.6. The Morgan fingerprint density at radius 3 is 2.38 bits per heavy atom. The second kappa shape index (κ2) is 21.3. The van der Waals surface area contributed by atoms with Gasteiger partial charge in [-0.25, -0.2) is 8.78 Å². The zero-order valence-corrected chi connectivity index (χ0v) is 38.0. The van der Waals surface area contributed by atoms with Gasteiger partial charge in [-0.15, -0.1) is 11.3 Å². The Hall–Kier alpha value is -5.37. The van der Waals surface area contributed by atoms with E-state index in [9.17, 15) is 23.2 Å². The van der Waals surface area contributed by atoms with E-state index in [1.165, 1.54) is 4.57 Å². The monoisotopic (exact) mass is 920 g/mol. The van der Waals surface area contributed by atoms with Crippen molar-refractivity contribution in [2.24, 2.45) is 13.0 Å². The Bertz CT molecular complexity index is 2420. The van der Waals surface area contributed by atoms with Crippen molar-refractivity contribution >= 4 is 50.2 Å². The number of hydrogen-bond donors (Lipinski definition) is 2. The van der Waals surface area contributed by atoms with Crippen molar-refractivity contribution in [3.05, 3.63) is 65.0 Å². The van der Waals surface area contributed by atoms with Crippen LogP contribution < -0.4 is 24.8 Å². The first kappa shape index (κ1) is 46.2. The molecule has 19 heteroatoms. The third-order valence-electron chi connectivity index (χ3n) is 12.8. The van der Waals surface area contributed by atoms with Crippen LogP contribution in [0.2, 0.25) is 0 Å². The molecule has 2 N–H and O–H groups in total. The number of aromatic nitrogens is 3. The first-order chi connectivity index (χ1) is 31.6. The van der Waals surface area contributed by atoms with E-state index in [0.717, 1.165) is 86.1 Å². The highest BCUT2D eigenvalue weighted by atomic mass is 32.1. The molecule has 6 heterocycles. The van der Waals surface area contributed by atoms with Crippen molar-refractivity contribution in [1.82, 2.24) is 40.0 Å². The molecule has 3 amide bonds. The van der Waals surface area contributed by atoms with Gasteiger partial charge in [-0.1, -0.05) is 19.3 Å². The molecule has 1 aromatic carbocycles. The molecule has 2 atom stereocenters. The molecular formula is C46H58F2N8O8S. The fourth-order valence-electron chi connectivity index (χ4n) is 8.99. The second-order valence-corrected chi connectivity index (χ2v) is 17.9. The predicted molar refractivity (Wildman–Crippen MR) is 239 cm³/mol. The summed E-state index contributed by atoms with van der Waals surface area (Å²) in [6.45, 7) is 5.59. The highest BCUT2D eigenvalue weighted by Gasteiger charge is 2.37. The molecule has 0 bridgehead atoms. The van der Waals surface area contributed by atoms with Crippen LogP contribution in [0.1, 0.15) is 68.1 Å². The molecule has 0 spiro atoms. The maximum absolute atomic E-state index is 14.6. The number of benzene rings is 1. The van der Waals surface area contributed by atoms with Crippen LogP contribution in [0.25, 0.3) is 21.1 Å². The zero-order valence-electron chi connectivity index (χ0n) is 37.2. The van der Waals surface area contributed by atoms with Crippen molar-refractivity contribution in [3.8, 4) is 17.4 Å². The highest BCUT2D eigenvalue weighted by Crippen LogP contribution is 2.36. The Balaban J connectivity index is 0.800. The van der Waals surface area contributed by atoms with Crippen LogP contribution >= 0.6 is 11.3 Å². The largest absolute Gasteiger partial charge is 0.489 e. The Morgan fingerprint density at radius 1 is 0.908 bits per heavy atom. The average Bonchev–Trinajstić information content (AvgIpc) is 4.06. The van der Waals surface area contributed by atoms with E-state index in [-0.39, 0.29) is 93.3 Å². The van der Waals surface area contributed by atoms with Crippen LogP contribution in [-0.2, 0) is 27.9 Å². The smallest absolute Gasteiger partial charge is 0.274 e. The molecule has 8 rings (SSSR count). The normalized spacial score (nSPS) is 17.7. The maximum Gasteiger partial charge on any atom is 0.274 e. The van der Waals surface area contributed by atoms with Gasteiger partial charge in [0.2, 0.25) is 11.8 Å². The van der Waals surface area contributed by atoms with Crippen LogP contribution in [0.5, 0.6) is 17.4 Å². The standard InChI is InChI=1S/C46H58F2N8O8S/c1-29(49-2)44(57)51-40(30-7-5-4-6-8-30)45(58)55-16-18-56(19-17-55)46(59)41-42(33-26-34(47)35(48)27-37(33)53(41)3)62-23-21-60-20-22-61-39-25-32(64-52-39)28-54-14-10-31(11-15-54)63-38-9-13-50-36-12-24-65-43(36)38/h9,12-13,24-27,29-31,40,49H,4-8,10-11,14-23,28H2,1-3H3,(H,51,57)/t29-,40?/m0/s1. The molecule has 65 heavy (non-hydrogen) atoms. The molecule has 3 fully saturated rings. The molecule has 350 valence electrons. The number of halogens is 2. The fraction of sp³-hybridized carbons (Fsp3) is 0.543. The van der Waals surface area contributed by atoms with Gasteiger partial charge < -0.3 is 48.5 Å². The molecule has 16 nitrogen and oxygen atoms in total. The van der Waals surface area contributed by atoms with E-state index in [1.807, 2.05) is 17.5 Å². The van der Waals surface area contributed by atoms with Crippen LogP contribution in [0.4, 0.5) is 8.78 Å². The lowest BCUT2D eigenvalue weighted by molar-refractivity contribution is -0.140. The number of amides is 3. The van der Waals surface area contributed by atoms with Crippen LogP contribution in [-0.4, -0.2) is 138 Å². The van der Waals surface area contributed by atoms with Gasteiger partial charge in [-0.3, -0.25) is 24.3 Å². The first-order valence-corrected chi connectivity index (χ1v) is 23.5. The number of aryl methyl sites for hydroxylation is 1. The van der Waals surface area contributed by atoms with Gasteiger partial charge in [0.1, 0.15) is 31.1 Å². The number of nitrogens with one attached hydrogen (secondary N) is 2. The molecular weight excluding hydrogens is 863 g/mol. The molecule has 1 saturated carbocycles. The van der Waals surface area contributed by atoms with E-state index in [1.54, 1.807) is 54.4 Å². The van der Waals surface area contributed by atoms with Crippen LogP contribution in [0, 0.1) is 17.6 Å². The number of pyridine rings is 1. The Kier molecular flexibility index (Phi) is 15.1. The van der Waals surface area contributed by atoms with E-state index in [0.29, 0.717) is 23.7 Å². The van der Waals surface area contributed by atoms with E-state index >= 15 is 0 Å². The number of hydrogen-bond acceptors (Lipinski definition) is 13. The Labute approximate surface area is 380 Å². The van der Waals surface area contributed by atoms with Crippen molar-refractivity contribution < 1.29 is 46.6 Å². The molecule has 0 radical (unpaired) electrons. The molecule has 4 aromatic heterocycles. The van der Waals surface area contributed by atoms with Crippen molar-refractivity contribution in [1.29, 1.82) is 0 Å². The number of carbonyl (C=O) groups excluding carboxylic acids is 3. The van der Waals surface area contributed by atoms with Crippen LogP contribution in [0.3, 0.4) is 0 Å². The molecule has 2 aliphatic heterocycles. The summed E-state index contributed by atoms with van der Waals surface area (Å²) in [5, 5.41) is 12.3. The number of fused-ring (bicyclic) bond motifs is 2. The summed E-state index contributed by atoms with van der Waals surface area (Å²) < 4.78 is 61.2. The minimum absolute atomic E-state index is 0.0118. The quantitative estimate of drug-likeness (QED) is 0.106. The van der Waals surface area contributed by atoms with E-state index in [4.69, 9.17) is 23.5 Å². The van der Waals surface area contributed by atoms with Crippen molar-refractivity contribution in [2.45, 2.75) is 76.6 Å². The molecule has 2 saturated heterocycles. The van der Waals surface area contributed by atoms with Crippen LogP contribution in [0.15, 0.2) is 46.4 Å². The summed E-state index contributed by atoms with van der Waals surface area (Å²) in [4.78, 5) is 51.1. The topological polar surface area (TPSA) is 166 Å². The zero-order chi connectivity index (χ0) is 45.5. The summed E-state index contributed by atoms with van der Waals surface area (Å²) in [5.41, 5.74) is 1.37. The minimum atomic E-state index is -1.07. The second-order valence-electron chi connectivity index (χ2n) is 17.0. The lowest BCUT2D eigenvalue weighted by atomic mass is 9.83. The third kappa shape index (κ3) is 10.9.